The molecule has 0 aromatic heterocycles. The summed E-state index contributed by atoms with van der Waals surface area (Å²) >= 11 is 0. The second-order valence-corrected chi connectivity index (χ2v) is 10.1. The lowest BCUT2D eigenvalue weighted by Crippen LogP contribution is -2.37. The van der Waals surface area contributed by atoms with Crippen molar-refractivity contribution in [3.63, 3.8) is 0 Å². The lowest BCUT2D eigenvalue weighted by atomic mass is 10.1. The van der Waals surface area contributed by atoms with E-state index in [1.165, 1.54) is 0 Å². The number of fused-ring (bicyclic) bond motifs is 1. The Bertz CT molecular complexity index is 634. The summed E-state index contributed by atoms with van der Waals surface area (Å²) in [6, 6.07) is 9.99. The summed E-state index contributed by atoms with van der Waals surface area (Å²) in [6.07, 6.45) is -0.240. The number of benzene rings is 1. The van der Waals surface area contributed by atoms with Crippen LogP contribution >= 0.6 is 7.37 Å². The molecule has 2 aliphatic rings. The van der Waals surface area contributed by atoms with E-state index in [9.17, 15) is 4.57 Å². The Morgan fingerprint density at radius 3 is 2.62 bits per heavy atom. The lowest BCUT2D eigenvalue weighted by molar-refractivity contribution is -0.219. The van der Waals surface area contributed by atoms with Crippen molar-refractivity contribution >= 4 is 7.37 Å². The zero-order valence-electron chi connectivity index (χ0n) is 15.9. The van der Waals surface area contributed by atoms with E-state index in [0.717, 1.165) is 5.56 Å². The van der Waals surface area contributed by atoms with Crippen molar-refractivity contribution < 1.29 is 28.0 Å². The molecule has 6 nitrogen and oxygen atoms in total. The fourth-order valence-corrected chi connectivity index (χ4v) is 4.85. The van der Waals surface area contributed by atoms with Crippen LogP contribution in [0.1, 0.15) is 32.8 Å². The van der Waals surface area contributed by atoms with Gasteiger partial charge >= 0.3 is 0 Å². The molecule has 7 heteroatoms. The number of hydrogen-bond acceptors (Lipinski definition) is 6. The molecule has 0 saturated carbocycles. The van der Waals surface area contributed by atoms with E-state index in [2.05, 4.69) is 0 Å². The number of rotatable bonds is 8. The third-order valence-corrected chi connectivity index (χ3v) is 6.47. The molecular weight excluding hydrogens is 355 g/mol. The van der Waals surface area contributed by atoms with Gasteiger partial charge in [-0.05, 0) is 32.8 Å². The van der Waals surface area contributed by atoms with E-state index in [1.54, 1.807) is 6.66 Å². The van der Waals surface area contributed by atoms with E-state index in [0.29, 0.717) is 25.8 Å². The van der Waals surface area contributed by atoms with Gasteiger partial charge in [0.1, 0.15) is 12.2 Å². The molecule has 5 atom stereocenters. The van der Waals surface area contributed by atoms with E-state index in [4.69, 9.17) is 23.5 Å². The van der Waals surface area contributed by atoms with Gasteiger partial charge in [0, 0.05) is 12.8 Å². The van der Waals surface area contributed by atoms with Gasteiger partial charge in [-0.2, -0.15) is 0 Å². The van der Waals surface area contributed by atoms with Gasteiger partial charge in [-0.25, -0.2) is 0 Å². The van der Waals surface area contributed by atoms with Gasteiger partial charge in [0.2, 0.25) is 0 Å². The summed E-state index contributed by atoms with van der Waals surface area (Å²) in [5.74, 6) is -0.694. The minimum atomic E-state index is -2.62. The standard InChI is InChI=1S/C19H29O6P/c1-5-22-26(4,20)12-11-15-16(21-13-14-9-7-6-8-10-14)17-18(23-15)25-19(2,3)24-17/h6-10,15-18H,5,11-13H2,1-4H3/t15-,16?,17+,18-,26?/m1/s1. The van der Waals surface area contributed by atoms with Crippen LogP contribution in [0.2, 0.25) is 0 Å². The van der Waals surface area contributed by atoms with Crippen LogP contribution in [0.25, 0.3) is 0 Å². The molecule has 3 rings (SSSR count). The first-order valence-electron chi connectivity index (χ1n) is 9.17. The zero-order valence-corrected chi connectivity index (χ0v) is 16.8. The van der Waals surface area contributed by atoms with E-state index in [1.807, 2.05) is 51.1 Å². The van der Waals surface area contributed by atoms with Crippen molar-refractivity contribution in [2.75, 3.05) is 19.4 Å². The lowest BCUT2D eigenvalue weighted by Gasteiger charge is -2.26. The maximum Gasteiger partial charge on any atom is 0.200 e. The summed E-state index contributed by atoms with van der Waals surface area (Å²) in [7, 11) is -2.62. The topological polar surface area (TPSA) is 63.2 Å². The van der Waals surface area contributed by atoms with Crippen molar-refractivity contribution in [1.82, 2.24) is 0 Å². The van der Waals surface area contributed by atoms with Gasteiger partial charge in [-0.3, -0.25) is 4.57 Å². The highest BCUT2D eigenvalue weighted by Gasteiger charge is 2.55. The van der Waals surface area contributed by atoms with Crippen LogP contribution in [0.5, 0.6) is 0 Å². The molecule has 1 aromatic carbocycles. The van der Waals surface area contributed by atoms with Crippen LogP contribution in [0, 0.1) is 0 Å². The maximum atomic E-state index is 12.4. The Morgan fingerprint density at radius 1 is 1.19 bits per heavy atom. The Labute approximate surface area is 155 Å². The maximum absolute atomic E-state index is 12.4. The van der Waals surface area contributed by atoms with Gasteiger partial charge in [0.05, 0.1) is 19.3 Å². The monoisotopic (exact) mass is 384 g/mol. The van der Waals surface area contributed by atoms with E-state index in [-0.39, 0.29) is 18.3 Å². The quantitative estimate of drug-likeness (QED) is 0.636. The summed E-state index contributed by atoms with van der Waals surface area (Å²) in [5, 5.41) is 0. The average molecular weight is 384 g/mol. The van der Waals surface area contributed by atoms with Crippen LogP contribution in [0.15, 0.2) is 30.3 Å². The van der Waals surface area contributed by atoms with Crippen LogP contribution < -0.4 is 0 Å². The molecule has 0 N–H and O–H groups in total. The summed E-state index contributed by atoms with van der Waals surface area (Å²) in [4.78, 5) is 0. The molecule has 2 fully saturated rings. The van der Waals surface area contributed by atoms with Gasteiger partial charge in [-0.15, -0.1) is 0 Å². The molecule has 0 bridgehead atoms. The van der Waals surface area contributed by atoms with Crippen LogP contribution in [-0.4, -0.2) is 49.8 Å². The molecule has 0 amide bonds. The zero-order chi connectivity index (χ0) is 18.8. The Kier molecular flexibility index (Phi) is 6.22. The largest absolute Gasteiger partial charge is 0.368 e. The van der Waals surface area contributed by atoms with Crippen molar-refractivity contribution in [3.05, 3.63) is 35.9 Å². The predicted octanol–water partition coefficient (Wildman–Crippen LogP) is 3.78. The van der Waals surface area contributed by atoms with Crippen LogP contribution in [-0.2, 0) is 34.6 Å². The fraction of sp³-hybridized carbons (Fsp3) is 0.684. The molecule has 2 aliphatic heterocycles. The minimum absolute atomic E-state index is 0.237. The molecule has 2 unspecified atom stereocenters. The number of ether oxygens (including phenoxy) is 4. The van der Waals surface area contributed by atoms with Crippen molar-refractivity contribution in [1.29, 1.82) is 0 Å². The first kappa shape index (κ1) is 20.0. The first-order chi connectivity index (χ1) is 12.3. The minimum Gasteiger partial charge on any atom is -0.368 e. The average Bonchev–Trinajstić information content (AvgIpc) is 3.03. The molecule has 0 aliphatic carbocycles. The molecular formula is C19H29O6P. The van der Waals surface area contributed by atoms with Crippen molar-refractivity contribution in [2.45, 2.75) is 64.2 Å². The Hall–Kier alpha value is -0.750. The van der Waals surface area contributed by atoms with Crippen molar-refractivity contribution in [3.8, 4) is 0 Å². The van der Waals surface area contributed by atoms with E-state index >= 15 is 0 Å². The normalized spacial score (nSPS) is 32.3. The van der Waals surface area contributed by atoms with Gasteiger partial charge in [0.25, 0.3) is 0 Å². The Morgan fingerprint density at radius 2 is 1.92 bits per heavy atom. The third-order valence-electron chi connectivity index (χ3n) is 4.59. The van der Waals surface area contributed by atoms with Crippen LogP contribution in [0.4, 0.5) is 0 Å². The van der Waals surface area contributed by atoms with E-state index < -0.39 is 19.4 Å². The highest BCUT2D eigenvalue weighted by molar-refractivity contribution is 7.58. The molecule has 0 radical (unpaired) electrons. The van der Waals surface area contributed by atoms with Gasteiger partial charge < -0.3 is 23.5 Å². The van der Waals surface area contributed by atoms with Crippen molar-refractivity contribution in [2.24, 2.45) is 0 Å². The predicted molar refractivity (Wildman–Crippen MR) is 98.4 cm³/mol. The van der Waals surface area contributed by atoms with Gasteiger partial charge in [0.15, 0.2) is 19.4 Å². The summed E-state index contributed by atoms with van der Waals surface area (Å²) in [6.45, 7) is 8.16. The highest BCUT2D eigenvalue weighted by Crippen LogP contribution is 2.46. The molecule has 146 valence electrons. The molecule has 2 heterocycles. The molecule has 0 spiro atoms. The second kappa shape index (κ2) is 8.09. The fourth-order valence-electron chi connectivity index (χ4n) is 3.45. The number of hydrogen-bond donors (Lipinski definition) is 0. The summed E-state index contributed by atoms with van der Waals surface area (Å²) in [5.41, 5.74) is 1.09. The molecule has 2 saturated heterocycles. The van der Waals surface area contributed by atoms with Crippen LogP contribution in [0.3, 0.4) is 0 Å². The molecule has 1 aromatic rings. The summed E-state index contributed by atoms with van der Waals surface area (Å²) < 4.78 is 41.9. The van der Waals surface area contributed by atoms with Gasteiger partial charge in [-0.1, -0.05) is 30.3 Å². The first-order valence-corrected chi connectivity index (χ1v) is 11.4. The highest BCUT2D eigenvalue weighted by atomic mass is 31.2. The second-order valence-electron chi connectivity index (χ2n) is 7.35. The molecule has 26 heavy (non-hydrogen) atoms. The smallest absolute Gasteiger partial charge is 0.200 e. The Balaban J connectivity index is 1.66. The SMILES string of the molecule is CCOP(C)(=O)CC[C@H]1O[C@@H]2OC(C)(C)O[C@H]2C1OCc1ccccc1. The third kappa shape index (κ3) is 4.94.